The molecule has 1 amide bonds. The Morgan fingerprint density at radius 3 is 2.68 bits per heavy atom. The van der Waals surface area contributed by atoms with Crippen LogP contribution in [0.25, 0.3) is 0 Å². The van der Waals surface area contributed by atoms with Gasteiger partial charge in [0.1, 0.15) is 0 Å². The number of carbonyl (C=O) groups is 2. The summed E-state index contributed by atoms with van der Waals surface area (Å²) in [5.74, 6) is -0.733. The zero-order valence-electron chi connectivity index (χ0n) is 11.1. The molecule has 0 saturated carbocycles. The highest BCUT2D eigenvalue weighted by Crippen LogP contribution is 2.12. The number of esters is 1. The van der Waals surface area contributed by atoms with Crippen molar-refractivity contribution in [3.05, 3.63) is 33.4 Å². The highest BCUT2D eigenvalue weighted by atomic mass is 127. The highest BCUT2D eigenvalue weighted by Gasteiger charge is 2.13. The Labute approximate surface area is 127 Å². The molecular formula is C14H18INO3. The lowest BCUT2D eigenvalue weighted by Gasteiger charge is -2.12. The van der Waals surface area contributed by atoms with E-state index in [0.29, 0.717) is 5.56 Å². The molecule has 0 fully saturated rings. The molecule has 0 aliphatic rings. The summed E-state index contributed by atoms with van der Waals surface area (Å²) in [6.45, 7) is 3.75. The monoisotopic (exact) mass is 375 g/mol. The van der Waals surface area contributed by atoms with Crippen molar-refractivity contribution >= 4 is 34.5 Å². The van der Waals surface area contributed by atoms with Crippen LogP contribution in [0.4, 0.5) is 0 Å². The van der Waals surface area contributed by atoms with Gasteiger partial charge in [0.05, 0.1) is 5.56 Å². The fourth-order valence-electron chi connectivity index (χ4n) is 1.66. The Morgan fingerprint density at radius 1 is 1.37 bits per heavy atom. The fraction of sp³-hybridized carbons (Fsp3) is 0.429. The number of rotatable bonds is 6. The molecule has 0 aliphatic carbocycles. The van der Waals surface area contributed by atoms with E-state index >= 15 is 0 Å². The molecule has 0 aliphatic heterocycles. The fourth-order valence-corrected chi connectivity index (χ4v) is 2.26. The second-order valence-corrected chi connectivity index (χ2v) is 5.48. The highest BCUT2D eigenvalue weighted by molar-refractivity contribution is 14.1. The standard InChI is InChI=1S/C14H18INO3/c1-3-6-10(2)16-13(17)9-19-14(18)11-7-4-5-8-12(11)15/h4-5,7-8,10H,3,6,9H2,1-2H3,(H,16,17). The molecule has 1 atom stereocenters. The van der Waals surface area contributed by atoms with E-state index in [2.05, 4.69) is 34.8 Å². The van der Waals surface area contributed by atoms with Gasteiger partial charge in [-0.15, -0.1) is 0 Å². The zero-order valence-corrected chi connectivity index (χ0v) is 13.3. The summed E-state index contributed by atoms with van der Waals surface area (Å²) >= 11 is 2.06. The molecule has 0 saturated heterocycles. The molecule has 19 heavy (non-hydrogen) atoms. The third-order valence-corrected chi connectivity index (χ3v) is 3.50. The van der Waals surface area contributed by atoms with E-state index in [1.807, 2.05) is 19.1 Å². The quantitative estimate of drug-likeness (QED) is 0.615. The Kier molecular flexibility index (Phi) is 6.83. The molecule has 5 heteroatoms. The minimum absolute atomic E-state index is 0.105. The average molecular weight is 375 g/mol. The summed E-state index contributed by atoms with van der Waals surface area (Å²) in [5, 5.41) is 2.78. The zero-order chi connectivity index (χ0) is 14.3. The van der Waals surface area contributed by atoms with E-state index in [-0.39, 0.29) is 18.6 Å². The number of nitrogens with one attached hydrogen (secondary N) is 1. The molecule has 0 bridgehead atoms. The van der Waals surface area contributed by atoms with Gasteiger partial charge in [-0.1, -0.05) is 25.5 Å². The molecule has 4 nitrogen and oxygen atoms in total. The summed E-state index contributed by atoms with van der Waals surface area (Å²) in [6, 6.07) is 7.22. The third-order valence-electron chi connectivity index (χ3n) is 2.56. The van der Waals surface area contributed by atoms with Crippen molar-refractivity contribution < 1.29 is 14.3 Å². The van der Waals surface area contributed by atoms with Crippen molar-refractivity contribution in [3.8, 4) is 0 Å². The third kappa shape index (κ3) is 5.59. The van der Waals surface area contributed by atoms with Gasteiger partial charge >= 0.3 is 5.97 Å². The Balaban J connectivity index is 2.42. The van der Waals surface area contributed by atoms with Crippen LogP contribution in [0.3, 0.4) is 0 Å². The first kappa shape index (κ1) is 15.9. The van der Waals surface area contributed by atoms with Crippen LogP contribution in [0.15, 0.2) is 24.3 Å². The van der Waals surface area contributed by atoms with Gasteiger partial charge in [0.2, 0.25) is 0 Å². The SMILES string of the molecule is CCCC(C)NC(=O)COC(=O)c1ccccc1I. The molecule has 0 heterocycles. The minimum atomic E-state index is -0.469. The van der Waals surface area contributed by atoms with E-state index < -0.39 is 5.97 Å². The van der Waals surface area contributed by atoms with Crippen molar-refractivity contribution in [2.45, 2.75) is 32.7 Å². The molecule has 0 spiro atoms. The summed E-state index contributed by atoms with van der Waals surface area (Å²) in [7, 11) is 0. The molecule has 0 radical (unpaired) electrons. The lowest BCUT2D eigenvalue weighted by atomic mass is 10.2. The predicted molar refractivity (Wildman–Crippen MR) is 82.0 cm³/mol. The second kappa shape index (κ2) is 8.14. The van der Waals surface area contributed by atoms with E-state index in [9.17, 15) is 9.59 Å². The molecular weight excluding hydrogens is 357 g/mol. The van der Waals surface area contributed by atoms with E-state index in [1.54, 1.807) is 12.1 Å². The number of benzene rings is 1. The average Bonchev–Trinajstić information content (AvgIpc) is 2.36. The first-order valence-electron chi connectivity index (χ1n) is 6.25. The number of hydrogen-bond donors (Lipinski definition) is 1. The van der Waals surface area contributed by atoms with E-state index in [0.717, 1.165) is 16.4 Å². The summed E-state index contributed by atoms with van der Waals surface area (Å²) in [5.41, 5.74) is 0.484. The van der Waals surface area contributed by atoms with Crippen LogP contribution < -0.4 is 5.32 Å². The van der Waals surface area contributed by atoms with Gasteiger partial charge in [-0.05, 0) is 48.1 Å². The molecule has 1 N–H and O–H groups in total. The number of halogens is 1. The molecule has 1 aromatic carbocycles. The van der Waals surface area contributed by atoms with Crippen LogP contribution in [0.2, 0.25) is 0 Å². The molecule has 1 rings (SSSR count). The van der Waals surface area contributed by atoms with Crippen LogP contribution in [0.5, 0.6) is 0 Å². The van der Waals surface area contributed by atoms with Crippen LogP contribution in [-0.2, 0) is 9.53 Å². The molecule has 0 aromatic heterocycles. The van der Waals surface area contributed by atoms with Gasteiger partial charge in [0.25, 0.3) is 5.91 Å². The van der Waals surface area contributed by atoms with Crippen LogP contribution in [0.1, 0.15) is 37.0 Å². The summed E-state index contributed by atoms with van der Waals surface area (Å²) in [6.07, 6.45) is 1.92. The van der Waals surface area contributed by atoms with Crippen LogP contribution in [-0.4, -0.2) is 24.5 Å². The van der Waals surface area contributed by atoms with Gasteiger partial charge < -0.3 is 10.1 Å². The summed E-state index contributed by atoms with van der Waals surface area (Å²) < 4.78 is 5.80. The van der Waals surface area contributed by atoms with E-state index in [4.69, 9.17) is 4.74 Å². The molecule has 1 aromatic rings. The lowest BCUT2D eigenvalue weighted by Crippen LogP contribution is -2.35. The molecule has 1 unspecified atom stereocenters. The second-order valence-electron chi connectivity index (χ2n) is 4.31. The van der Waals surface area contributed by atoms with Crippen LogP contribution in [0, 0.1) is 3.57 Å². The number of hydrogen-bond acceptors (Lipinski definition) is 3. The smallest absolute Gasteiger partial charge is 0.339 e. The Bertz CT molecular complexity index is 448. The maximum absolute atomic E-state index is 11.8. The minimum Gasteiger partial charge on any atom is -0.452 e. The van der Waals surface area contributed by atoms with Gasteiger partial charge in [0, 0.05) is 9.61 Å². The number of amides is 1. The van der Waals surface area contributed by atoms with Gasteiger partial charge in [-0.3, -0.25) is 4.79 Å². The van der Waals surface area contributed by atoms with Gasteiger partial charge in [-0.2, -0.15) is 0 Å². The van der Waals surface area contributed by atoms with Crippen molar-refractivity contribution in [3.63, 3.8) is 0 Å². The van der Waals surface area contributed by atoms with Crippen molar-refractivity contribution in [1.29, 1.82) is 0 Å². The normalized spacial score (nSPS) is 11.7. The van der Waals surface area contributed by atoms with Crippen LogP contribution >= 0.6 is 22.6 Å². The number of ether oxygens (including phenoxy) is 1. The maximum atomic E-state index is 11.8. The van der Waals surface area contributed by atoms with Crippen molar-refractivity contribution in [2.24, 2.45) is 0 Å². The summed E-state index contributed by atoms with van der Waals surface area (Å²) in [4.78, 5) is 23.3. The largest absolute Gasteiger partial charge is 0.452 e. The molecule has 104 valence electrons. The Hall–Kier alpha value is -1.11. The lowest BCUT2D eigenvalue weighted by molar-refractivity contribution is -0.124. The first-order chi connectivity index (χ1) is 9.04. The topological polar surface area (TPSA) is 55.4 Å². The van der Waals surface area contributed by atoms with Gasteiger partial charge in [-0.25, -0.2) is 4.79 Å². The van der Waals surface area contributed by atoms with E-state index in [1.165, 1.54) is 0 Å². The maximum Gasteiger partial charge on any atom is 0.339 e. The van der Waals surface area contributed by atoms with Crippen molar-refractivity contribution in [2.75, 3.05) is 6.61 Å². The van der Waals surface area contributed by atoms with Crippen molar-refractivity contribution in [1.82, 2.24) is 5.32 Å². The Morgan fingerprint density at radius 2 is 2.05 bits per heavy atom. The predicted octanol–water partition coefficient (Wildman–Crippen LogP) is 2.75. The number of carbonyl (C=O) groups excluding carboxylic acids is 2. The first-order valence-corrected chi connectivity index (χ1v) is 7.33. The van der Waals surface area contributed by atoms with Gasteiger partial charge in [0.15, 0.2) is 6.61 Å².